The molecule has 2 aromatic rings. The van der Waals surface area contributed by atoms with Crippen molar-refractivity contribution in [3.05, 3.63) is 64.7 Å². The third-order valence-corrected chi connectivity index (χ3v) is 5.27. The van der Waals surface area contributed by atoms with E-state index in [4.69, 9.17) is 0 Å². The number of likely N-dealkylation sites (N-methyl/N-ethyl adjacent to an activating group) is 1. The lowest BCUT2D eigenvalue weighted by Crippen LogP contribution is -2.26. The van der Waals surface area contributed by atoms with Crippen molar-refractivity contribution in [1.29, 1.82) is 0 Å². The fourth-order valence-corrected chi connectivity index (χ4v) is 3.62. The van der Waals surface area contributed by atoms with Gasteiger partial charge in [-0.25, -0.2) is 0 Å². The summed E-state index contributed by atoms with van der Waals surface area (Å²) in [5.74, 6) is 0.721. The minimum Gasteiger partial charge on any atom is -0.352 e. The minimum atomic E-state index is -0.181. The highest BCUT2D eigenvalue weighted by atomic mass is 32.2. The Morgan fingerprint density at radius 2 is 1.81 bits per heavy atom. The number of nitrogens with one attached hydrogen (secondary N) is 1. The van der Waals surface area contributed by atoms with E-state index in [0.717, 1.165) is 17.0 Å². The van der Waals surface area contributed by atoms with Crippen LogP contribution in [0.25, 0.3) is 0 Å². The molecule has 0 bridgehead atoms. The van der Waals surface area contributed by atoms with Crippen LogP contribution in [0, 0.1) is 0 Å². The molecule has 0 fully saturated rings. The zero-order valence-corrected chi connectivity index (χ0v) is 16.3. The first kappa shape index (κ1) is 19.2. The second-order valence-corrected chi connectivity index (χ2v) is 7.40. The van der Waals surface area contributed by atoms with Gasteiger partial charge < -0.3 is 10.2 Å². The van der Waals surface area contributed by atoms with E-state index < -0.39 is 0 Å². The van der Waals surface area contributed by atoms with Crippen molar-refractivity contribution in [2.24, 2.45) is 0 Å². The maximum absolute atomic E-state index is 12.4. The summed E-state index contributed by atoms with van der Waals surface area (Å²) in [6.45, 7) is 0.278. The standard InChI is InChI=1S/C21H22N2O3S/c1-23-18-8-7-16(11-17(18)12-20(23)25)19(24)9-10-22-21(26)15-5-3-14(4-6-15)13-27-2/h3-8,11H,9-10,12-13H2,1-2H3,(H,22,26). The Hall–Kier alpha value is -2.60. The molecule has 1 aliphatic heterocycles. The summed E-state index contributed by atoms with van der Waals surface area (Å²) in [7, 11) is 1.73. The Balaban J connectivity index is 1.53. The van der Waals surface area contributed by atoms with E-state index in [1.807, 2.05) is 24.5 Å². The monoisotopic (exact) mass is 382 g/mol. The molecule has 140 valence electrons. The molecule has 0 aliphatic carbocycles. The second-order valence-electron chi connectivity index (χ2n) is 6.53. The van der Waals surface area contributed by atoms with Gasteiger partial charge in [-0.1, -0.05) is 12.1 Å². The van der Waals surface area contributed by atoms with Crippen molar-refractivity contribution in [2.75, 3.05) is 24.7 Å². The first-order valence-electron chi connectivity index (χ1n) is 8.78. The normalized spacial score (nSPS) is 12.8. The van der Waals surface area contributed by atoms with Gasteiger partial charge in [0.05, 0.1) is 6.42 Å². The van der Waals surface area contributed by atoms with Crippen LogP contribution < -0.4 is 10.2 Å². The van der Waals surface area contributed by atoms with E-state index >= 15 is 0 Å². The average molecular weight is 382 g/mol. The topological polar surface area (TPSA) is 66.5 Å². The largest absolute Gasteiger partial charge is 0.352 e. The molecule has 0 radical (unpaired) electrons. The summed E-state index contributed by atoms with van der Waals surface area (Å²) < 4.78 is 0. The molecule has 1 aliphatic rings. The second kappa shape index (κ2) is 8.39. The third kappa shape index (κ3) is 4.39. The number of ketones is 1. The Kier molecular flexibility index (Phi) is 5.96. The summed E-state index contributed by atoms with van der Waals surface area (Å²) in [5, 5.41) is 2.79. The average Bonchev–Trinajstić information content (AvgIpc) is 2.96. The van der Waals surface area contributed by atoms with E-state index in [1.54, 1.807) is 48.0 Å². The van der Waals surface area contributed by atoms with E-state index in [1.165, 1.54) is 5.56 Å². The van der Waals surface area contributed by atoms with E-state index in [2.05, 4.69) is 5.32 Å². The van der Waals surface area contributed by atoms with Gasteiger partial charge in [-0.15, -0.1) is 0 Å². The fourth-order valence-electron chi connectivity index (χ4n) is 3.10. The van der Waals surface area contributed by atoms with Crippen molar-refractivity contribution in [3.63, 3.8) is 0 Å². The van der Waals surface area contributed by atoms with Crippen LogP contribution in [-0.4, -0.2) is 37.4 Å². The van der Waals surface area contributed by atoms with Crippen LogP contribution in [0.3, 0.4) is 0 Å². The Bertz CT molecular complexity index is 877. The molecular weight excluding hydrogens is 360 g/mol. The van der Waals surface area contributed by atoms with Gasteiger partial charge in [0, 0.05) is 42.6 Å². The maximum atomic E-state index is 12.4. The number of hydrogen-bond acceptors (Lipinski definition) is 4. The number of Topliss-reactive ketones (excluding diaryl/α,β-unsaturated/α-hetero) is 1. The molecular formula is C21H22N2O3S. The smallest absolute Gasteiger partial charge is 0.251 e. The number of amides is 2. The van der Waals surface area contributed by atoms with Crippen molar-refractivity contribution in [1.82, 2.24) is 5.32 Å². The molecule has 2 amide bonds. The summed E-state index contributed by atoms with van der Waals surface area (Å²) >= 11 is 1.73. The lowest BCUT2D eigenvalue weighted by Gasteiger charge is -2.10. The maximum Gasteiger partial charge on any atom is 0.251 e. The van der Waals surface area contributed by atoms with Crippen LogP contribution in [0.15, 0.2) is 42.5 Å². The third-order valence-electron chi connectivity index (χ3n) is 4.64. The Labute approximate surface area is 163 Å². The highest BCUT2D eigenvalue weighted by Crippen LogP contribution is 2.28. The van der Waals surface area contributed by atoms with Gasteiger partial charge in [0.15, 0.2) is 5.78 Å². The zero-order valence-electron chi connectivity index (χ0n) is 15.5. The number of nitrogens with zero attached hydrogens (tertiary/aromatic N) is 1. The summed E-state index contributed by atoms with van der Waals surface area (Å²) in [4.78, 5) is 37.9. The molecule has 2 aromatic carbocycles. The number of carbonyl (C=O) groups is 3. The SMILES string of the molecule is CSCc1ccc(C(=O)NCCC(=O)c2ccc3c(c2)CC(=O)N3C)cc1. The van der Waals surface area contributed by atoms with Gasteiger partial charge in [0.1, 0.15) is 0 Å². The van der Waals surface area contributed by atoms with Gasteiger partial charge in [-0.05, 0) is 47.7 Å². The van der Waals surface area contributed by atoms with Crippen LogP contribution in [0.1, 0.15) is 38.3 Å². The fraction of sp³-hybridized carbons (Fsp3) is 0.286. The first-order valence-corrected chi connectivity index (χ1v) is 10.2. The molecule has 5 nitrogen and oxygen atoms in total. The number of rotatable bonds is 7. The minimum absolute atomic E-state index is 0.0328. The summed E-state index contributed by atoms with van der Waals surface area (Å²) in [6.07, 6.45) is 2.59. The van der Waals surface area contributed by atoms with Crippen LogP contribution in [0.2, 0.25) is 0 Å². The lowest BCUT2D eigenvalue weighted by molar-refractivity contribution is -0.117. The van der Waals surface area contributed by atoms with Crippen molar-refractivity contribution in [3.8, 4) is 0 Å². The number of benzene rings is 2. The molecule has 0 atom stereocenters. The van der Waals surface area contributed by atoms with Gasteiger partial charge in [0.25, 0.3) is 5.91 Å². The Morgan fingerprint density at radius 1 is 1.11 bits per heavy atom. The lowest BCUT2D eigenvalue weighted by atomic mass is 10.0. The van der Waals surface area contributed by atoms with Crippen LogP contribution in [-0.2, 0) is 17.0 Å². The van der Waals surface area contributed by atoms with Crippen LogP contribution >= 0.6 is 11.8 Å². The Morgan fingerprint density at radius 3 is 2.52 bits per heavy atom. The highest BCUT2D eigenvalue weighted by Gasteiger charge is 2.24. The predicted octanol–water partition coefficient (Wildman–Crippen LogP) is 3.07. The number of fused-ring (bicyclic) bond motifs is 1. The molecule has 6 heteroatoms. The number of thioether (sulfide) groups is 1. The predicted molar refractivity (Wildman–Crippen MR) is 108 cm³/mol. The van der Waals surface area contributed by atoms with Crippen molar-refractivity contribution < 1.29 is 14.4 Å². The van der Waals surface area contributed by atoms with E-state index in [9.17, 15) is 14.4 Å². The van der Waals surface area contributed by atoms with Crippen molar-refractivity contribution >= 4 is 35.0 Å². The quantitative estimate of drug-likeness (QED) is 0.748. The first-order chi connectivity index (χ1) is 13.0. The zero-order chi connectivity index (χ0) is 19.4. The molecule has 0 aromatic heterocycles. The molecule has 0 saturated heterocycles. The molecule has 1 N–H and O–H groups in total. The molecule has 1 heterocycles. The van der Waals surface area contributed by atoms with Gasteiger partial charge >= 0.3 is 0 Å². The van der Waals surface area contributed by atoms with Crippen molar-refractivity contribution in [2.45, 2.75) is 18.6 Å². The van der Waals surface area contributed by atoms with E-state index in [0.29, 0.717) is 17.5 Å². The van der Waals surface area contributed by atoms with Gasteiger partial charge in [-0.3, -0.25) is 14.4 Å². The van der Waals surface area contributed by atoms with Gasteiger partial charge in [0.2, 0.25) is 5.91 Å². The molecule has 0 saturated carbocycles. The summed E-state index contributed by atoms with van der Waals surface area (Å²) in [5.41, 5.74) is 4.08. The molecule has 0 unspecified atom stereocenters. The number of hydrogen-bond donors (Lipinski definition) is 1. The molecule has 27 heavy (non-hydrogen) atoms. The molecule has 3 rings (SSSR count). The van der Waals surface area contributed by atoms with Crippen LogP contribution in [0.5, 0.6) is 0 Å². The molecule has 0 spiro atoms. The number of anilines is 1. The highest BCUT2D eigenvalue weighted by molar-refractivity contribution is 7.97. The summed E-state index contributed by atoms with van der Waals surface area (Å²) in [6, 6.07) is 12.8. The number of carbonyl (C=O) groups excluding carboxylic acids is 3. The van der Waals surface area contributed by atoms with Crippen LogP contribution in [0.4, 0.5) is 5.69 Å². The van der Waals surface area contributed by atoms with Gasteiger partial charge in [-0.2, -0.15) is 11.8 Å². The van der Waals surface area contributed by atoms with E-state index in [-0.39, 0.29) is 30.6 Å².